The fraction of sp³-hybridized carbons (Fsp3) is 0.321. The van der Waals surface area contributed by atoms with E-state index in [1.165, 1.54) is 12.1 Å². The molecule has 3 aliphatic heterocycles. The molecule has 1 aromatic heterocycles. The molecule has 0 aliphatic carbocycles. The third kappa shape index (κ3) is 3.07. The third-order valence-electron chi connectivity index (χ3n) is 8.19. The molecule has 1 N–H and O–H groups in total. The summed E-state index contributed by atoms with van der Waals surface area (Å²) in [5.74, 6) is -1.32. The lowest BCUT2D eigenvalue weighted by Gasteiger charge is -2.37. The topological polar surface area (TPSA) is 105 Å². The summed E-state index contributed by atoms with van der Waals surface area (Å²) in [7, 11) is 0. The number of nitrogens with zero attached hydrogens (tertiary/aromatic N) is 3. The predicted molar refractivity (Wildman–Crippen MR) is 134 cm³/mol. The van der Waals surface area contributed by atoms with E-state index in [1.54, 1.807) is 36.7 Å². The van der Waals surface area contributed by atoms with Gasteiger partial charge < -0.3 is 5.32 Å². The molecule has 2 aromatic carbocycles. The van der Waals surface area contributed by atoms with Gasteiger partial charge in [0.2, 0.25) is 5.91 Å². The van der Waals surface area contributed by atoms with Crippen LogP contribution in [0.4, 0.5) is 11.4 Å². The number of fused-ring (bicyclic) bond motifs is 4. The van der Waals surface area contributed by atoms with E-state index in [1.807, 2.05) is 12.1 Å². The Labute approximate surface area is 208 Å². The van der Waals surface area contributed by atoms with Gasteiger partial charge in [0.05, 0.1) is 10.8 Å². The lowest BCUT2D eigenvalue weighted by molar-refractivity contribution is -0.384. The number of aromatic nitrogens is 1. The van der Waals surface area contributed by atoms with Crippen LogP contribution >= 0.6 is 0 Å². The zero-order chi connectivity index (χ0) is 25.0. The van der Waals surface area contributed by atoms with Crippen molar-refractivity contribution >= 4 is 23.1 Å². The van der Waals surface area contributed by atoms with Gasteiger partial charge in [-0.3, -0.25) is 29.6 Å². The minimum Gasteiger partial charge on any atom is -0.324 e. The number of nitrogens with one attached hydrogen (secondary N) is 1. The number of hydrogen-bond donors (Lipinski definition) is 1. The molecule has 2 fully saturated rings. The quantitative estimate of drug-likeness (QED) is 0.327. The van der Waals surface area contributed by atoms with Gasteiger partial charge in [-0.2, -0.15) is 0 Å². The summed E-state index contributed by atoms with van der Waals surface area (Å²) in [5.41, 5.74) is 2.85. The minimum atomic E-state index is -1.15. The van der Waals surface area contributed by atoms with E-state index < -0.39 is 16.4 Å². The van der Waals surface area contributed by atoms with Crippen LogP contribution in [0.2, 0.25) is 0 Å². The molecule has 36 heavy (non-hydrogen) atoms. The number of hydrogen-bond acceptors (Lipinski definition) is 6. The molecule has 4 atom stereocenters. The van der Waals surface area contributed by atoms with Crippen LogP contribution in [0.25, 0.3) is 0 Å². The average Bonchev–Trinajstić information content (AvgIpc) is 3.57. The summed E-state index contributed by atoms with van der Waals surface area (Å²) in [4.78, 5) is 45.7. The Morgan fingerprint density at radius 3 is 2.72 bits per heavy atom. The van der Waals surface area contributed by atoms with Crippen molar-refractivity contribution in [2.75, 3.05) is 11.9 Å². The second-order valence-corrected chi connectivity index (χ2v) is 9.82. The van der Waals surface area contributed by atoms with E-state index in [0.717, 1.165) is 41.6 Å². The lowest BCUT2D eigenvalue weighted by Crippen LogP contribution is -2.52. The number of nitro groups is 1. The van der Waals surface area contributed by atoms with E-state index in [2.05, 4.69) is 28.2 Å². The third-order valence-corrected chi connectivity index (χ3v) is 8.19. The highest BCUT2D eigenvalue weighted by atomic mass is 16.6. The standard InChI is InChI=1S/C28H26N4O4/c1-2-17-7-12-22-21(15-17)28(27(34)30-22)25(26(33)19-5-3-13-29-16-19)24(23-6-4-14-31(23)28)18-8-10-20(11-9-18)32(35)36/h3,5,7-13,15-16,23-25H,2,4,6,14H2,1H3,(H,30,34)/t23?,24?,25?,28-/m1/s1. The van der Waals surface area contributed by atoms with Gasteiger partial charge in [-0.1, -0.05) is 31.2 Å². The van der Waals surface area contributed by atoms with Crippen molar-refractivity contribution in [1.29, 1.82) is 0 Å². The Hall–Kier alpha value is -3.91. The van der Waals surface area contributed by atoms with Gasteiger partial charge in [-0.15, -0.1) is 0 Å². The fourth-order valence-electron chi connectivity index (χ4n) is 6.71. The number of carbonyl (C=O) groups excluding carboxylic acids is 2. The average molecular weight is 483 g/mol. The van der Waals surface area contributed by atoms with Crippen LogP contribution in [0, 0.1) is 16.0 Å². The number of ketones is 1. The summed E-state index contributed by atoms with van der Waals surface area (Å²) >= 11 is 0. The zero-order valence-electron chi connectivity index (χ0n) is 19.9. The van der Waals surface area contributed by atoms with E-state index in [-0.39, 0.29) is 29.3 Å². The van der Waals surface area contributed by atoms with Crippen molar-refractivity contribution in [3.8, 4) is 0 Å². The van der Waals surface area contributed by atoms with E-state index in [9.17, 15) is 19.7 Å². The molecule has 1 amide bonds. The number of amides is 1. The number of non-ortho nitro benzene ring substituents is 1. The molecule has 1 spiro atoms. The van der Waals surface area contributed by atoms with Gasteiger partial charge in [0.1, 0.15) is 5.54 Å². The number of aryl methyl sites for hydroxylation is 1. The Balaban J connectivity index is 1.60. The summed E-state index contributed by atoms with van der Waals surface area (Å²) in [6.45, 7) is 2.78. The fourth-order valence-corrected chi connectivity index (χ4v) is 6.71. The van der Waals surface area contributed by atoms with Gasteiger partial charge >= 0.3 is 0 Å². The molecular weight excluding hydrogens is 456 g/mol. The molecule has 6 rings (SSSR count). The van der Waals surface area contributed by atoms with Crippen LogP contribution in [-0.2, 0) is 16.8 Å². The van der Waals surface area contributed by atoms with Crippen LogP contribution in [0.5, 0.6) is 0 Å². The molecule has 0 radical (unpaired) electrons. The van der Waals surface area contributed by atoms with Crippen LogP contribution in [0.3, 0.4) is 0 Å². The summed E-state index contributed by atoms with van der Waals surface area (Å²) in [6.07, 6.45) is 5.75. The lowest BCUT2D eigenvalue weighted by atomic mass is 9.68. The Kier molecular flexibility index (Phi) is 5.22. The first kappa shape index (κ1) is 22.5. The molecule has 0 saturated carbocycles. The Bertz CT molecular complexity index is 1370. The second-order valence-electron chi connectivity index (χ2n) is 9.82. The highest BCUT2D eigenvalue weighted by molar-refractivity contribution is 6.12. The van der Waals surface area contributed by atoms with E-state index in [0.29, 0.717) is 12.1 Å². The van der Waals surface area contributed by atoms with Crippen LogP contribution in [-0.4, -0.2) is 39.1 Å². The van der Waals surface area contributed by atoms with E-state index >= 15 is 0 Å². The smallest absolute Gasteiger partial charge is 0.269 e. The van der Waals surface area contributed by atoms with Crippen molar-refractivity contribution in [2.24, 2.45) is 5.92 Å². The maximum Gasteiger partial charge on any atom is 0.269 e. The molecule has 8 heteroatoms. The van der Waals surface area contributed by atoms with Crippen molar-refractivity contribution in [3.05, 3.63) is 99.4 Å². The number of anilines is 1. The number of Topliss-reactive ketones (excluding diaryl/α,β-unsaturated/α-hetero) is 1. The minimum absolute atomic E-state index is 0.00131. The monoisotopic (exact) mass is 482 g/mol. The van der Waals surface area contributed by atoms with Crippen molar-refractivity contribution in [1.82, 2.24) is 9.88 Å². The maximum absolute atomic E-state index is 14.4. The molecule has 3 unspecified atom stereocenters. The SMILES string of the molecule is CCc1ccc2c(c1)[C@]1(C(=O)N2)C(C(=O)c2cccnc2)C(c2ccc([N+](=O)[O-])cc2)C2CCCN21. The first-order valence-electron chi connectivity index (χ1n) is 12.4. The first-order chi connectivity index (χ1) is 17.5. The number of nitro benzene ring substituents is 1. The van der Waals surface area contributed by atoms with Crippen molar-refractivity contribution in [2.45, 2.75) is 43.7 Å². The Morgan fingerprint density at radius 2 is 2.03 bits per heavy atom. The molecule has 3 aromatic rings. The molecular formula is C28H26N4O4. The predicted octanol–water partition coefficient (Wildman–Crippen LogP) is 4.46. The number of pyridine rings is 1. The van der Waals surface area contributed by atoms with E-state index in [4.69, 9.17) is 0 Å². The van der Waals surface area contributed by atoms with Gasteiger partial charge in [0.15, 0.2) is 5.78 Å². The number of rotatable bonds is 5. The van der Waals surface area contributed by atoms with Gasteiger partial charge in [0.25, 0.3) is 5.69 Å². The highest BCUT2D eigenvalue weighted by Gasteiger charge is 2.69. The van der Waals surface area contributed by atoms with Gasteiger partial charge in [0, 0.05) is 53.3 Å². The number of carbonyl (C=O) groups is 2. The second kappa shape index (κ2) is 8.34. The first-order valence-corrected chi connectivity index (χ1v) is 12.4. The molecule has 3 aliphatic rings. The molecule has 182 valence electrons. The largest absolute Gasteiger partial charge is 0.324 e. The summed E-state index contributed by atoms with van der Waals surface area (Å²) < 4.78 is 0. The van der Waals surface area contributed by atoms with Crippen LogP contribution in [0.15, 0.2) is 67.0 Å². The van der Waals surface area contributed by atoms with Crippen molar-refractivity contribution in [3.63, 3.8) is 0 Å². The van der Waals surface area contributed by atoms with Gasteiger partial charge in [-0.25, -0.2) is 0 Å². The highest BCUT2D eigenvalue weighted by Crippen LogP contribution is 2.61. The number of benzene rings is 2. The van der Waals surface area contributed by atoms with Gasteiger partial charge in [-0.05, 0) is 55.1 Å². The summed E-state index contributed by atoms with van der Waals surface area (Å²) in [5, 5.41) is 14.4. The Morgan fingerprint density at radius 1 is 1.22 bits per heavy atom. The molecule has 0 bridgehead atoms. The van der Waals surface area contributed by atoms with Crippen LogP contribution < -0.4 is 5.32 Å². The molecule has 4 heterocycles. The summed E-state index contributed by atoms with van der Waals surface area (Å²) in [6, 6.07) is 15.9. The van der Waals surface area contributed by atoms with Crippen molar-refractivity contribution < 1.29 is 14.5 Å². The maximum atomic E-state index is 14.4. The van der Waals surface area contributed by atoms with Crippen LogP contribution in [0.1, 0.15) is 52.7 Å². The molecule has 2 saturated heterocycles. The molecule has 8 nitrogen and oxygen atoms in total. The zero-order valence-corrected chi connectivity index (χ0v) is 19.9. The normalized spacial score (nSPS) is 26.6.